The van der Waals surface area contributed by atoms with Gasteiger partial charge in [-0.25, -0.2) is 4.68 Å². The highest BCUT2D eigenvalue weighted by atomic mass is 35.5. The van der Waals surface area contributed by atoms with Gasteiger partial charge in [0.25, 0.3) is 0 Å². The summed E-state index contributed by atoms with van der Waals surface area (Å²) in [5.74, 6) is 0. The van der Waals surface area contributed by atoms with Gasteiger partial charge < -0.3 is 5.73 Å². The zero-order valence-corrected chi connectivity index (χ0v) is 10.2. The first kappa shape index (κ1) is 11.1. The third kappa shape index (κ3) is 2.08. The van der Waals surface area contributed by atoms with Crippen molar-refractivity contribution in [2.75, 3.05) is 0 Å². The van der Waals surface area contributed by atoms with Crippen LogP contribution in [0.15, 0.2) is 30.6 Å². The highest BCUT2D eigenvalue weighted by Crippen LogP contribution is 2.16. The summed E-state index contributed by atoms with van der Waals surface area (Å²) in [6.45, 7) is 1.96. The van der Waals surface area contributed by atoms with Gasteiger partial charge in [-0.05, 0) is 30.7 Å². The monoisotopic (exact) mass is 251 g/mol. The fraction of sp³-hybridized carbons (Fsp3) is 0.0909. The van der Waals surface area contributed by atoms with Crippen LogP contribution in [-0.2, 0) is 0 Å². The topological polar surface area (TPSA) is 43.8 Å². The summed E-state index contributed by atoms with van der Waals surface area (Å²) in [6, 6.07) is 5.77. The highest BCUT2D eigenvalue weighted by Gasteiger charge is 2.04. The minimum atomic E-state index is 0.405. The smallest absolute Gasteiger partial charge is 0.104 e. The van der Waals surface area contributed by atoms with Crippen molar-refractivity contribution in [1.82, 2.24) is 9.78 Å². The van der Waals surface area contributed by atoms with Gasteiger partial charge in [0.15, 0.2) is 0 Å². The van der Waals surface area contributed by atoms with Crippen LogP contribution in [0.3, 0.4) is 0 Å². The van der Waals surface area contributed by atoms with E-state index in [-0.39, 0.29) is 0 Å². The molecule has 16 heavy (non-hydrogen) atoms. The second-order valence-corrected chi connectivity index (χ2v) is 4.34. The Morgan fingerprint density at radius 1 is 1.50 bits per heavy atom. The number of halogens is 1. The zero-order chi connectivity index (χ0) is 11.7. The van der Waals surface area contributed by atoms with Crippen molar-refractivity contribution in [2.45, 2.75) is 6.92 Å². The maximum Gasteiger partial charge on any atom is 0.104 e. The van der Waals surface area contributed by atoms with E-state index >= 15 is 0 Å². The molecule has 2 rings (SSSR count). The first-order valence-electron chi connectivity index (χ1n) is 4.69. The average molecular weight is 252 g/mol. The van der Waals surface area contributed by atoms with Crippen LogP contribution < -0.4 is 5.73 Å². The molecule has 0 atom stereocenters. The molecule has 0 amide bonds. The molecule has 1 aromatic heterocycles. The molecule has 0 saturated heterocycles. The molecule has 0 unspecified atom stereocenters. The Kier molecular flexibility index (Phi) is 2.94. The van der Waals surface area contributed by atoms with Crippen LogP contribution in [0.4, 0.5) is 0 Å². The van der Waals surface area contributed by atoms with Crippen LogP contribution in [0.5, 0.6) is 0 Å². The molecule has 82 valence electrons. The summed E-state index contributed by atoms with van der Waals surface area (Å²) in [4.78, 5) is 0.405. The van der Waals surface area contributed by atoms with Crippen molar-refractivity contribution >= 4 is 28.8 Å². The molecule has 0 spiro atoms. The van der Waals surface area contributed by atoms with Gasteiger partial charge in [0, 0.05) is 11.8 Å². The first-order chi connectivity index (χ1) is 7.58. The molecule has 0 aliphatic heterocycles. The van der Waals surface area contributed by atoms with Gasteiger partial charge in [0.05, 0.1) is 16.9 Å². The quantitative estimate of drug-likeness (QED) is 0.834. The molecule has 2 N–H and O–H groups in total. The Bertz CT molecular complexity index is 548. The Balaban J connectivity index is 2.45. The number of nitrogens with zero attached hydrogens (tertiary/aromatic N) is 2. The minimum absolute atomic E-state index is 0.405. The summed E-state index contributed by atoms with van der Waals surface area (Å²) in [7, 11) is 0. The molecule has 0 fully saturated rings. The van der Waals surface area contributed by atoms with Crippen molar-refractivity contribution in [3.63, 3.8) is 0 Å². The lowest BCUT2D eigenvalue weighted by molar-refractivity contribution is 0.879. The van der Waals surface area contributed by atoms with Crippen molar-refractivity contribution in [2.24, 2.45) is 5.73 Å². The lowest BCUT2D eigenvalue weighted by Crippen LogP contribution is -2.11. The molecule has 5 heteroatoms. The molecule has 3 nitrogen and oxygen atoms in total. The van der Waals surface area contributed by atoms with Gasteiger partial charge in [-0.1, -0.05) is 23.8 Å². The summed E-state index contributed by atoms with van der Waals surface area (Å²) in [6.07, 6.45) is 3.34. The largest absolute Gasteiger partial charge is 0.389 e. The van der Waals surface area contributed by atoms with Crippen LogP contribution >= 0.6 is 23.8 Å². The Morgan fingerprint density at radius 2 is 2.25 bits per heavy atom. The number of aromatic nitrogens is 2. The number of thiocarbonyl (C=S) groups is 1. The van der Waals surface area contributed by atoms with Crippen LogP contribution in [-0.4, -0.2) is 14.8 Å². The fourth-order valence-corrected chi connectivity index (χ4v) is 1.87. The van der Waals surface area contributed by atoms with E-state index in [4.69, 9.17) is 29.6 Å². The van der Waals surface area contributed by atoms with Crippen LogP contribution in [0.2, 0.25) is 5.02 Å². The molecular weight excluding hydrogens is 242 g/mol. The summed E-state index contributed by atoms with van der Waals surface area (Å²) in [5.41, 5.74) is 8.44. The van der Waals surface area contributed by atoms with E-state index in [0.717, 1.165) is 16.8 Å². The van der Waals surface area contributed by atoms with E-state index in [9.17, 15) is 0 Å². The van der Waals surface area contributed by atoms with E-state index in [1.54, 1.807) is 17.1 Å². The maximum absolute atomic E-state index is 5.81. The van der Waals surface area contributed by atoms with Gasteiger partial charge in [-0.3, -0.25) is 0 Å². The minimum Gasteiger partial charge on any atom is -0.389 e. The number of benzene rings is 1. The predicted molar refractivity (Wildman–Crippen MR) is 69.2 cm³/mol. The van der Waals surface area contributed by atoms with Gasteiger partial charge in [0.1, 0.15) is 4.99 Å². The molecule has 0 bridgehead atoms. The Hall–Kier alpha value is -1.39. The molecule has 1 heterocycles. The van der Waals surface area contributed by atoms with Crippen LogP contribution in [0.25, 0.3) is 5.69 Å². The van der Waals surface area contributed by atoms with E-state index in [2.05, 4.69) is 5.10 Å². The third-order valence-corrected chi connectivity index (χ3v) is 2.71. The molecule has 1 aromatic carbocycles. The summed E-state index contributed by atoms with van der Waals surface area (Å²) in [5, 5.41) is 4.73. The van der Waals surface area contributed by atoms with Gasteiger partial charge >= 0.3 is 0 Å². The average Bonchev–Trinajstić information content (AvgIpc) is 2.64. The summed E-state index contributed by atoms with van der Waals surface area (Å²) >= 11 is 10.8. The second kappa shape index (κ2) is 4.23. The van der Waals surface area contributed by atoms with E-state index < -0.39 is 0 Å². The first-order valence-corrected chi connectivity index (χ1v) is 5.47. The lowest BCUT2D eigenvalue weighted by atomic mass is 10.1. The number of nitrogens with two attached hydrogens (primary N) is 1. The number of hydrogen-bond donors (Lipinski definition) is 1. The van der Waals surface area contributed by atoms with E-state index in [0.29, 0.717) is 10.0 Å². The number of rotatable bonds is 2. The lowest BCUT2D eigenvalue weighted by Gasteiger charge is -2.07. The third-order valence-electron chi connectivity index (χ3n) is 2.29. The Morgan fingerprint density at radius 3 is 2.75 bits per heavy atom. The van der Waals surface area contributed by atoms with Crippen LogP contribution in [0, 0.1) is 6.92 Å². The standard InChI is InChI=1S/C11H10ClN3S/c1-7-4-9(2-3-10(7)11(13)16)15-6-8(12)5-14-15/h2-6H,1H3,(H2,13,16). The Labute approximate surface area is 104 Å². The van der Waals surface area contributed by atoms with Gasteiger partial charge in [-0.15, -0.1) is 0 Å². The van der Waals surface area contributed by atoms with E-state index in [1.807, 2.05) is 25.1 Å². The van der Waals surface area contributed by atoms with Gasteiger partial charge in [0.2, 0.25) is 0 Å². The molecule has 0 saturated carbocycles. The molecule has 0 aliphatic rings. The maximum atomic E-state index is 5.81. The van der Waals surface area contributed by atoms with Crippen molar-refractivity contribution < 1.29 is 0 Å². The van der Waals surface area contributed by atoms with Gasteiger partial charge in [-0.2, -0.15) is 5.10 Å². The number of hydrogen-bond acceptors (Lipinski definition) is 2. The summed E-state index contributed by atoms with van der Waals surface area (Å²) < 4.78 is 1.71. The van der Waals surface area contributed by atoms with Crippen LogP contribution in [0.1, 0.15) is 11.1 Å². The molecular formula is C11H10ClN3S. The fourth-order valence-electron chi connectivity index (χ4n) is 1.51. The molecule has 0 aliphatic carbocycles. The molecule has 2 aromatic rings. The van der Waals surface area contributed by atoms with E-state index in [1.165, 1.54) is 0 Å². The second-order valence-electron chi connectivity index (χ2n) is 3.47. The highest BCUT2D eigenvalue weighted by molar-refractivity contribution is 7.80. The predicted octanol–water partition coefficient (Wildman–Crippen LogP) is 2.47. The number of aryl methyl sites for hydroxylation is 1. The van der Waals surface area contributed by atoms with Crippen molar-refractivity contribution in [1.29, 1.82) is 0 Å². The van der Waals surface area contributed by atoms with Crippen molar-refractivity contribution in [3.8, 4) is 5.69 Å². The molecule has 0 radical (unpaired) electrons. The SMILES string of the molecule is Cc1cc(-n2cc(Cl)cn2)ccc1C(N)=S. The normalized spacial score (nSPS) is 10.4. The van der Waals surface area contributed by atoms with Crippen molar-refractivity contribution in [3.05, 3.63) is 46.7 Å². The zero-order valence-electron chi connectivity index (χ0n) is 8.64.